The number of unbranched alkanes of at least 4 members (excludes halogenated alkanes) is 1. The molecule has 4 rings (SSSR count). The standard InChI is InChI=1S/C43H62N7O8/c1-4-6-23-35(41(44)54)46-37(52)26-45-42(55)40(53)34(16-5-2)48-50(57)38-25-33(58-28-30-17-10-7-11-18-30)27-49(38)43(56)39(32-21-14-9-15-22-32)47-36(51)24-29(3)31-19-12-8-13-20-31/h7-8,10-13,17-20,29,32-35,38-39,48H,4-6,9,14-16,21-28H2,1-3H3,(H2,44,54)(H,45,55)(H,46,52)(H,47,51)/q-1/t29?,33-,34?,35?,38-,39?/m1/s1. The summed E-state index contributed by atoms with van der Waals surface area (Å²) in [6, 6.07) is 16.2. The molecule has 2 aromatic carbocycles. The van der Waals surface area contributed by atoms with E-state index in [1.807, 2.05) is 74.5 Å². The average molecular weight is 805 g/mol. The third kappa shape index (κ3) is 14.0. The van der Waals surface area contributed by atoms with Gasteiger partial charge in [-0.1, -0.05) is 120 Å². The maximum atomic E-state index is 14.7. The zero-order chi connectivity index (χ0) is 42.0. The Morgan fingerprint density at radius 2 is 1.55 bits per heavy atom. The van der Waals surface area contributed by atoms with E-state index in [9.17, 15) is 34.0 Å². The Hall–Kier alpha value is -4.70. The molecule has 6 atom stereocenters. The third-order valence-electron chi connectivity index (χ3n) is 11.0. The zero-order valence-electron chi connectivity index (χ0n) is 34.2. The number of nitrogens with one attached hydrogen (secondary N) is 4. The molecule has 0 aromatic heterocycles. The maximum absolute atomic E-state index is 14.7. The number of primary amides is 1. The minimum absolute atomic E-state index is 0.0722. The molecule has 5 amide bonds. The molecule has 2 aromatic rings. The van der Waals surface area contributed by atoms with Crippen molar-refractivity contribution < 1.29 is 33.5 Å². The normalized spacial score (nSPS) is 19.2. The van der Waals surface area contributed by atoms with E-state index < -0.39 is 66.4 Å². The second-order valence-corrected chi connectivity index (χ2v) is 15.6. The number of hydrazine groups is 1. The fraction of sp³-hybridized carbons (Fsp3) is 0.581. The molecule has 1 saturated carbocycles. The molecule has 318 valence electrons. The molecule has 1 saturated heterocycles. The quantitative estimate of drug-likeness (QED) is 0.0811. The van der Waals surface area contributed by atoms with Crippen LogP contribution in [0.3, 0.4) is 0 Å². The largest absolute Gasteiger partial charge is 0.770 e. The highest BCUT2D eigenvalue weighted by Gasteiger charge is 2.43. The van der Waals surface area contributed by atoms with Crippen molar-refractivity contribution in [3.05, 3.63) is 77.0 Å². The number of ether oxygens (including phenoxy) is 1. The molecule has 1 aliphatic heterocycles. The number of carbonyl (C=O) groups excluding carboxylic acids is 6. The van der Waals surface area contributed by atoms with E-state index >= 15 is 0 Å². The smallest absolute Gasteiger partial charge is 0.289 e. The molecular weight excluding hydrogens is 743 g/mol. The first kappa shape index (κ1) is 46.0. The second kappa shape index (κ2) is 23.6. The fourth-order valence-corrected chi connectivity index (χ4v) is 7.71. The summed E-state index contributed by atoms with van der Waals surface area (Å²) in [5, 5.41) is 22.4. The Balaban J connectivity index is 1.50. The summed E-state index contributed by atoms with van der Waals surface area (Å²) in [5.41, 5.74) is 9.98. The van der Waals surface area contributed by atoms with E-state index in [0.717, 1.165) is 49.7 Å². The van der Waals surface area contributed by atoms with Crippen LogP contribution in [-0.4, -0.2) is 88.9 Å². The van der Waals surface area contributed by atoms with Crippen LogP contribution in [0.5, 0.6) is 0 Å². The van der Waals surface area contributed by atoms with E-state index in [-0.39, 0.29) is 50.2 Å². The van der Waals surface area contributed by atoms with Gasteiger partial charge in [-0.05, 0) is 48.6 Å². The number of hydroxylamine groups is 1. The number of Topliss-reactive ketones (excluding diaryl/α,β-unsaturated/α-hetero) is 1. The number of likely N-dealkylation sites (tertiary alicyclic amines) is 1. The topological polar surface area (TPSA) is 215 Å². The first-order valence-electron chi connectivity index (χ1n) is 20.8. The van der Waals surface area contributed by atoms with Gasteiger partial charge < -0.3 is 36.5 Å². The van der Waals surface area contributed by atoms with Crippen LogP contribution in [-0.2, 0) is 40.1 Å². The Morgan fingerprint density at radius 3 is 2.19 bits per heavy atom. The number of nitrogens with two attached hydrogens (primary N) is 1. The van der Waals surface area contributed by atoms with Crippen LogP contribution in [0.15, 0.2) is 60.7 Å². The molecule has 15 nitrogen and oxygen atoms in total. The first-order chi connectivity index (χ1) is 27.9. The predicted molar refractivity (Wildman–Crippen MR) is 219 cm³/mol. The van der Waals surface area contributed by atoms with Crippen molar-refractivity contribution in [3.8, 4) is 0 Å². The Bertz CT molecular complexity index is 1640. The van der Waals surface area contributed by atoms with Crippen molar-refractivity contribution in [1.82, 2.24) is 31.4 Å². The van der Waals surface area contributed by atoms with Crippen LogP contribution >= 0.6 is 0 Å². The van der Waals surface area contributed by atoms with Crippen molar-refractivity contribution in [2.75, 3.05) is 13.1 Å². The van der Waals surface area contributed by atoms with E-state index in [4.69, 9.17) is 10.5 Å². The lowest BCUT2D eigenvalue weighted by atomic mass is 9.83. The van der Waals surface area contributed by atoms with E-state index in [1.165, 1.54) is 4.90 Å². The van der Waals surface area contributed by atoms with E-state index in [1.54, 1.807) is 6.92 Å². The van der Waals surface area contributed by atoms with Crippen molar-refractivity contribution in [2.45, 2.75) is 141 Å². The highest BCUT2D eigenvalue weighted by Crippen LogP contribution is 2.31. The summed E-state index contributed by atoms with van der Waals surface area (Å²) >= 11 is 0. The minimum atomic E-state index is -1.27. The SMILES string of the molecule is CCCCC(NC(=O)CNC(=O)C(=O)C(CCC)NN([O-])[C@@H]1C[C@@H](OCc2ccccc2)CN1C(=O)C(NC(=O)CC(C)c1ccccc1)C1CCCCC1)C(N)=O. The highest BCUT2D eigenvalue weighted by atomic mass is 16.5. The van der Waals surface area contributed by atoms with E-state index in [0.29, 0.717) is 24.4 Å². The van der Waals surface area contributed by atoms with Crippen molar-refractivity contribution in [2.24, 2.45) is 11.7 Å². The van der Waals surface area contributed by atoms with Crippen LogP contribution in [0.4, 0.5) is 0 Å². The molecular formula is C43H62N7O8-. The fourth-order valence-electron chi connectivity index (χ4n) is 7.71. The van der Waals surface area contributed by atoms with Gasteiger partial charge in [0.1, 0.15) is 12.1 Å². The molecule has 4 unspecified atom stereocenters. The van der Waals surface area contributed by atoms with E-state index in [2.05, 4.69) is 21.4 Å². The molecule has 0 bridgehead atoms. The number of hydrogen-bond acceptors (Lipinski definition) is 10. The number of nitrogens with zero attached hydrogens (tertiary/aromatic N) is 2. The molecule has 58 heavy (non-hydrogen) atoms. The van der Waals surface area contributed by atoms with Crippen LogP contribution < -0.4 is 27.1 Å². The average Bonchev–Trinajstić information content (AvgIpc) is 3.67. The van der Waals surface area contributed by atoms with Crippen LogP contribution in [0.2, 0.25) is 0 Å². The van der Waals surface area contributed by atoms with Crippen molar-refractivity contribution in [1.29, 1.82) is 0 Å². The number of rotatable bonds is 23. The Morgan fingerprint density at radius 1 is 0.879 bits per heavy atom. The van der Waals surface area contributed by atoms with Gasteiger partial charge in [-0.2, -0.15) is 0 Å². The second-order valence-electron chi connectivity index (χ2n) is 15.6. The molecule has 6 N–H and O–H groups in total. The van der Waals surface area contributed by atoms with Crippen LogP contribution in [0, 0.1) is 11.1 Å². The van der Waals surface area contributed by atoms with Crippen molar-refractivity contribution >= 4 is 35.3 Å². The summed E-state index contributed by atoms with van der Waals surface area (Å²) in [6.07, 6.45) is 5.28. The molecule has 0 spiro atoms. The minimum Gasteiger partial charge on any atom is -0.770 e. The monoisotopic (exact) mass is 804 g/mol. The summed E-state index contributed by atoms with van der Waals surface area (Å²) in [4.78, 5) is 80.5. The van der Waals surface area contributed by atoms with Crippen LogP contribution in [0.25, 0.3) is 0 Å². The van der Waals surface area contributed by atoms with Crippen LogP contribution in [0.1, 0.15) is 115 Å². The Kier molecular flexibility index (Phi) is 18.7. The number of carbonyl (C=O) groups is 6. The summed E-state index contributed by atoms with van der Waals surface area (Å²) in [7, 11) is 0. The van der Waals surface area contributed by atoms with Crippen molar-refractivity contribution in [3.63, 3.8) is 0 Å². The third-order valence-corrected chi connectivity index (χ3v) is 11.0. The molecule has 2 fully saturated rings. The molecule has 15 heteroatoms. The lowest BCUT2D eigenvalue weighted by Crippen LogP contribution is -2.60. The van der Waals surface area contributed by atoms with Gasteiger partial charge >= 0.3 is 0 Å². The van der Waals surface area contributed by atoms with Gasteiger partial charge in [-0.15, -0.1) is 0 Å². The summed E-state index contributed by atoms with van der Waals surface area (Å²) < 4.78 is 6.24. The zero-order valence-corrected chi connectivity index (χ0v) is 34.2. The highest BCUT2D eigenvalue weighted by molar-refractivity contribution is 6.38. The summed E-state index contributed by atoms with van der Waals surface area (Å²) in [6.45, 7) is 5.43. The number of benzene rings is 2. The maximum Gasteiger partial charge on any atom is 0.289 e. The molecule has 2 aliphatic rings. The molecule has 1 heterocycles. The molecule has 1 aliphatic carbocycles. The predicted octanol–water partition coefficient (Wildman–Crippen LogP) is 3.71. The summed E-state index contributed by atoms with van der Waals surface area (Å²) in [5.74, 6) is -4.34. The van der Waals surface area contributed by atoms with Gasteiger partial charge in [0.05, 0.1) is 31.5 Å². The Labute approximate surface area is 342 Å². The van der Waals surface area contributed by atoms with Gasteiger partial charge in [0.25, 0.3) is 5.91 Å². The number of amides is 5. The van der Waals surface area contributed by atoms with Gasteiger partial charge in [-0.25, -0.2) is 0 Å². The lowest BCUT2D eigenvalue weighted by molar-refractivity contribution is -0.144. The van der Waals surface area contributed by atoms with Gasteiger partial charge in [-0.3, -0.25) is 39.4 Å². The van der Waals surface area contributed by atoms with Gasteiger partial charge in [0.15, 0.2) is 0 Å². The number of ketones is 1. The lowest BCUT2D eigenvalue weighted by Gasteiger charge is -2.43. The van der Waals surface area contributed by atoms with Gasteiger partial charge in [0.2, 0.25) is 29.4 Å². The first-order valence-corrected chi connectivity index (χ1v) is 20.8. The molecule has 0 radical (unpaired) electrons. The van der Waals surface area contributed by atoms with Gasteiger partial charge in [0, 0.05) is 19.4 Å². The number of hydrogen-bond donors (Lipinski definition) is 5.